The van der Waals surface area contributed by atoms with Crippen LogP contribution in [0.25, 0.3) is 0 Å². The predicted octanol–water partition coefficient (Wildman–Crippen LogP) is 4.04. The van der Waals surface area contributed by atoms with E-state index in [-0.39, 0.29) is 19.2 Å². The van der Waals surface area contributed by atoms with Crippen LogP contribution in [0.5, 0.6) is 0 Å². The van der Waals surface area contributed by atoms with Gasteiger partial charge < -0.3 is 20.2 Å². The largest absolute Gasteiger partial charge is 0.394 e. The highest BCUT2D eigenvalue weighted by atomic mass is 31.2. The van der Waals surface area contributed by atoms with Crippen LogP contribution in [-0.4, -0.2) is 40.2 Å². The van der Waals surface area contributed by atoms with Gasteiger partial charge >= 0.3 is 7.60 Å². The van der Waals surface area contributed by atoms with Crippen LogP contribution in [0, 0.1) is 0 Å². The van der Waals surface area contributed by atoms with Gasteiger partial charge in [0.15, 0.2) is 0 Å². The number of unbranched alkanes of at least 4 members (excludes halogenated alkanes) is 5. The van der Waals surface area contributed by atoms with E-state index in [1.54, 1.807) is 7.05 Å². The summed E-state index contributed by atoms with van der Waals surface area (Å²) < 4.78 is 11.2. The number of hydrogen-bond acceptors (Lipinski definition) is 3. The molecule has 0 aliphatic carbocycles. The first-order valence-corrected chi connectivity index (χ1v) is 12.1. The van der Waals surface area contributed by atoms with Crippen molar-refractivity contribution in [3.63, 3.8) is 0 Å². The van der Waals surface area contributed by atoms with E-state index in [9.17, 15) is 9.67 Å². The molecule has 1 unspecified atom stereocenters. The summed E-state index contributed by atoms with van der Waals surface area (Å²) in [6.45, 7) is 2.10. The second kappa shape index (κ2) is 12.7. The lowest BCUT2D eigenvalue weighted by molar-refractivity contribution is 0.154. The van der Waals surface area contributed by atoms with Crippen LogP contribution < -0.4 is 5.32 Å². The van der Waals surface area contributed by atoms with E-state index in [0.29, 0.717) is 6.42 Å². The van der Waals surface area contributed by atoms with Crippen molar-refractivity contribution < 1.29 is 19.5 Å². The second-order valence-electron chi connectivity index (χ2n) is 7.66. The Labute approximate surface area is 164 Å². The van der Waals surface area contributed by atoms with Gasteiger partial charge in [0.25, 0.3) is 0 Å². The van der Waals surface area contributed by atoms with Crippen molar-refractivity contribution in [3.05, 3.63) is 35.4 Å². The molecule has 0 saturated heterocycles. The number of aliphatic hydroxyl groups excluding tert-OH is 1. The van der Waals surface area contributed by atoms with Crippen LogP contribution in [0.1, 0.15) is 69.4 Å². The van der Waals surface area contributed by atoms with Crippen LogP contribution in [0.3, 0.4) is 0 Å². The lowest BCUT2D eigenvalue weighted by Gasteiger charge is -2.32. The predicted molar refractivity (Wildman–Crippen MR) is 112 cm³/mol. The molecule has 0 fully saturated rings. The first-order chi connectivity index (χ1) is 12.8. The average molecular weight is 400 g/mol. The van der Waals surface area contributed by atoms with Gasteiger partial charge in [-0.1, -0.05) is 63.3 Å². The highest BCUT2D eigenvalue weighted by Gasteiger charge is 2.30. The van der Waals surface area contributed by atoms with E-state index in [4.69, 9.17) is 9.79 Å². The van der Waals surface area contributed by atoms with E-state index in [0.717, 1.165) is 12.8 Å². The lowest BCUT2D eigenvalue weighted by Crippen LogP contribution is -2.47. The summed E-state index contributed by atoms with van der Waals surface area (Å²) in [6.07, 6.45) is 10.4. The molecule has 0 amide bonds. The number of rotatable bonds is 15. The second-order valence-corrected chi connectivity index (χ2v) is 9.44. The number of aryl methyl sites for hydroxylation is 2. The summed E-state index contributed by atoms with van der Waals surface area (Å²) in [5, 5.41) is 12.8. The Balaban J connectivity index is 2.45. The monoisotopic (exact) mass is 399 g/mol. The van der Waals surface area contributed by atoms with Gasteiger partial charge in [0, 0.05) is 5.54 Å². The molecular formula is C21H38NO4P. The lowest BCUT2D eigenvalue weighted by atomic mass is 9.89. The van der Waals surface area contributed by atoms with Crippen molar-refractivity contribution in [2.75, 3.05) is 19.8 Å². The van der Waals surface area contributed by atoms with Crippen molar-refractivity contribution >= 4 is 7.60 Å². The van der Waals surface area contributed by atoms with Crippen molar-refractivity contribution in [2.45, 2.75) is 76.7 Å². The zero-order chi connectivity index (χ0) is 20.2. The number of nitrogens with one attached hydrogen (secondary N) is 1. The maximum absolute atomic E-state index is 11.2. The number of benzene rings is 1. The highest BCUT2D eigenvalue weighted by molar-refractivity contribution is 7.51. The molecule has 1 aromatic rings. The molecule has 156 valence electrons. The van der Waals surface area contributed by atoms with E-state index in [1.165, 1.54) is 49.7 Å². The van der Waals surface area contributed by atoms with E-state index >= 15 is 0 Å². The molecule has 0 radical (unpaired) electrons. The van der Waals surface area contributed by atoms with Gasteiger partial charge in [-0.05, 0) is 50.3 Å². The summed E-state index contributed by atoms with van der Waals surface area (Å²) in [6, 6.07) is 8.62. The molecule has 5 nitrogen and oxygen atoms in total. The summed E-state index contributed by atoms with van der Waals surface area (Å²) in [7, 11) is -2.33. The summed E-state index contributed by atoms with van der Waals surface area (Å²) >= 11 is 0. The minimum absolute atomic E-state index is 0.139. The van der Waals surface area contributed by atoms with Gasteiger partial charge in [0.1, 0.15) is 0 Å². The van der Waals surface area contributed by atoms with Crippen LogP contribution in [0.4, 0.5) is 0 Å². The zero-order valence-corrected chi connectivity index (χ0v) is 17.9. The van der Waals surface area contributed by atoms with Crippen LogP contribution in [0.15, 0.2) is 24.3 Å². The summed E-state index contributed by atoms with van der Waals surface area (Å²) in [5.74, 6) is 0. The molecule has 0 spiro atoms. The fourth-order valence-electron chi connectivity index (χ4n) is 3.34. The molecule has 6 heteroatoms. The summed E-state index contributed by atoms with van der Waals surface area (Å²) in [4.78, 5) is 18.2. The van der Waals surface area contributed by atoms with Crippen LogP contribution in [0.2, 0.25) is 0 Å². The molecule has 1 rings (SSSR count). The Kier molecular flexibility index (Phi) is 11.4. The Hall–Kier alpha value is -0.710. The van der Waals surface area contributed by atoms with Gasteiger partial charge in [-0.3, -0.25) is 4.57 Å². The Bertz CT molecular complexity index is 552. The Morgan fingerprint density at radius 3 is 2.00 bits per heavy atom. The van der Waals surface area contributed by atoms with E-state index in [2.05, 4.69) is 36.5 Å². The quantitative estimate of drug-likeness (QED) is 0.264. The highest BCUT2D eigenvalue weighted by Crippen LogP contribution is 2.37. The van der Waals surface area contributed by atoms with Gasteiger partial charge in [0.2, 0.25) is 0 Å². The number of likely N-dealkylation sites (N-methyl/N-ethyl adjacent to an activating group) is 1. The molecule has 0 saturated carbocycles. The molecule has 0 heterocycles. The maximum Gasteiger partial charge on any atom is 0.325 e. The SMILES string of the molecule is CCCCCCCCc1ccc(CCC(CO)(CCP(=O)(O)O)NC)cc1. The van der Waals surface area contributed by atoms with Crippen LogP contribution in [-0.2, 0) is 17.4 Å². The maximum atomic E-state index is 11.2. The zero-order valence-electron chi connectivity index (χ0n) is 17.0. The molecular weight excluding hydrogens is 361 g/mol. The standard InChI is InChI=1S/C21H38NO4P/c1-3-4-5-6-7-8-9-19-10-12-20(13-11-19)14-15-21(18-23,22-2)16-17-27(24,25)26/h10-13,22-23H,3-9,14-18H2,1-2H3,(H2,24,25,26). The van der Waals surface area contributed by atoms with E-state index < -0.39 is 13.1 Å². The van der Waals surface area contributed by atoms with Gasteiger partial charge in [-0.25, -0.2) is 0 Å². The molecule has 0 aliphatic heterocycles. The topological polar surface area (TPSA) is 89.8 Å². The summed E-state index contributed by atoms with van der Waals surface area (Å²) in [5.41, 5.74) is 1.89. The number of aliphatic hydroxyl groups is 1. The molecule has 0 aliphatic rings. The van der Waals surface area contributed by atoms with Gasteiger partial charge in [-0.15, -0.1) is 0 Å². The molecule has 1 aromatic carbocycles. The van der Waals surface area contributed by atoms with Gasteiger partial charge in [0.05, 0.1) is 12.8 Å². The fraction of sp³-hybridized carbons (Fsp3) is 0.714. The molecule has 1 atom stereocenters. The minimum atomic E-state index is -4.06. The molecule has 27 heavy (non-hydrogen) atoms. The third kappa shape index (κ3) is 10.4. The smallest absolute Gasteiger partial charge is 0.325 e. The van der Waals surface area contributed by atoms with Crippen molar-refractivity contribution in [1.82, 2.24) is 5.32 Å². The molecule has 0 bridgehead atoms. The first kappa shape index (κ1) is 24.3. The van der Waals surface area contributed by atoms with Crippen molar-refractivity contribution in [2.24, 2.45) is 0 Å². The molecule has 0 aromatic heterocycles. The Morgan fingerprint density at radius 2 is 1.48 bits per heavy atom. The fourth-order valence-corrected chi connectivity index (χ4v) is 4.06. The van der Waals surface area contributed by atoms with Crippen molar-refractivity contribution in [3.8, 4) is 0 Å². The Morgan fingerprint density at radius 1 is 0.926 bits per heavy atom. The van der Waals surface area contributed by atoms with Gasteiger partial charge in [-0.2, -0.15) is 0 Å². The third-order valence-electron chi connectivity index (χ3n) is 5.45. The average Bonchev–Trinajstić information content (AvgIpc) is 2.65. The van der Waals surface area contributed by atoms with Crippen molar-refractivity contribution in [1.29, 1.82) is 0 Å². The molecule has 4 N–H and O–H groups in total. The van der Waals surface area contributed by atoms with E-state index in [1.807, 2.05) is 0 Å². The normalized spacial score (nSPS) is 14.3. The third-order valence-corrected chi connectivity index (χ3v) is 6.26. The minimum Gasteiger partial charge on any atom is -0.394 e. The number of hydrogen-bond donors (Lipinski definition) is 4. The first-order valence-electron chi connectivity index (χ1n) is 10.3. The van der Waals surface area contributed by atoms with Crippen LogP contribution >= 0.6 is 7.60 Å².